The van der Waals surface area contributed by atoms with Gasteiger partial charge in [0, 0.05) is 0 Å². The van der Waals surface area contributed by atoms with Crippen LogP contribution in [0.25, 0.3) is 0 Å². The van der Waals surface area contributed by atoms with Crippen molar-refractivity contribution in [3.8, 4) is 17.2 Å². The van der Waals surface area contributed by atoms with Crippen LogP contribution in [0, 0.1) is 23.7 Å². The van der Waals surface area contributed by atoms with Crippen LogP contribution in [0.3, 0.4) is 0 Å². The quantitative estimate of drug-likeness (QED) is 0.0565. The number of carbonyl (C=O) groups is 4. The summed E-state index contributed by atoms with van der Waals surface area (Å²) in [7, 11) is 0. The molecule has 508 valence electrons. The lowest BCUT2D eigenvalue weighted by Crippen LogP contribution is -2.27. The standard InChI is InChI=1S/C12H16O2.3C10H14O.C10H14.3C9H18O2/c1-3-10(2)12(13)14-9-11-7-5-4-6-8-11;3*1-3-8(2)9-4-6-10(11)7-5-9;1-3-9(2)10-7-5-4-6-8-10;3*1-6-7(2)8(10)11-9(3,4)5/h4-8,10H,3,9H2,1-2H3;3*4-8,11H,3H2,1-2H3;4-9H,3H2,1-2H3;3*7H,6H2,1-5H3. The maximum atomic E-state index is 11.3. The number of phenols is 3. The van der Waals surface area contributed by atoms with Crippen LogP contribution in [0.1, 0.15) is 276 Å². The molecule has 11 heteroatoms. The zero-order valence-corrected chi connectivity index (χ0v) is 60.8. The summed E-state index contributed by atoms with van der Waals surface area (Å²) in [4.78, 5) is 44.8. The molecule has 5 aromatic rings. The van der Waals surface area contributed by atoms with Gasteiger partial charge in [-0.15, -0.1) is 0 Å². The molecule has 0 spiro atoms. The fraction of sp³-hybridized carbons (Fsp3) is 0.570. The summed E-state index contributed by atoms with van der Waals surface area (Å²) >= 11 is 0. The zero-order valence-electron chi connectivity index (χ0n) is 60.8. The maximum absolute atomic E-state index is 11.3. The lowest BCUT2D eigenvalue weighted by atomic mass is 9.99. The first-order valence-electron chi connectivity index (χ1n) is 33.2. The number of carbonyl (C=O) groups excluding carboxylic acids is 4. The predicted octanol–water partition coefficient (Wildman–Crippen LogP) is 21.8. The summed E-state index contributed by atoms with van der Waals surface area (Å²) in [6, 6.07) is 42.6. The van der Waals surface area contributed by atoms with Crippen molar-refractivity contribution in [1.82, 2.24) is 0 Å². The highest BCUT2D eigenvalue weighted by molar-refractivity contribution is 5.73. The second-order valence-electron chi connectivity index (χ2n) is 26.4. The molecule has 0 amide bonds. The summed E-state index contributed by atoms with van der Waals surface area (Å²) in [5, 5.41) is 27.0. The Morgan fingerprint density at radius 3 is 0.733 bits per heavy atom. The van der Waals surface area contributed by atoms with Crippen LogP contribution in [0.15, 0.2) is 133 Å². The molecule has 90 heavy (non-hydrogen) atoms. The first kappa shape index (κ1) is 87.6. The molecule has 8 unspecified atom stereocenters. The summed E-state index contributed by atoms with van der Waals surface area (Å²) in [6.45, 7) is 50.3. The third-order valence-corrected chi connectivity index (χ3v) is 14.7. The molecule has 3 N–H and O–H groups in total. The van der Waals surface area contributed by atoms with Gasteiger partial charge in [0.25, 0.3) is 0 Å². The summed E-state index contributed by atoms with van der Waals surface area (Å²) < 4.78 is 20.6. The van der Waals surface area contributed by atoms with Gasteiger partial charge in [-0.05, 0) is 202 Å². The molecule has 5 rings (SSSR count). The number of esters is 4. The van der Waals surface area contributed by atoms with Crippen LogP contribution in [0.4, 0.5) is 0 Å². The Morgan fingerprint density at radius 2 is 0.522 bits per heavy atom. The molecule has 0 aliphatic carbocycles. The van der Waals surface area contributed by atoms with E-state index in [0.717, 1.165) is 50.5 Å². The van der Waals surface area contributed by atoms with Gasteiger partial charge >= 0.3 is 23.9 Å². The van der Waals surface area contributed by atoms with Crippen molar-refractivity contribution in [2.45, 2.75) is 272 Å². The molecule has 5 aromatic carbocycles. The molecule has 0 aromatic heterocycles. The second kappa shape index (κ2) is 48.2. The van der Waals surface area contributed by atoms with Gasteiger partial charge in [0.2, 0.25) is 0 Å². The monoisotopic (exact) mass is 1250 g/mol. The molecule has 8 atom stereocenters. The van der Waals surface area contributed by atoms with Crippen LogP contribution in [-0.4, -0.2) is 56.0 Å². The van der Waals surface area contributed by atoms with Crippen molar-refractivity contribution in [3.05, 3.63) is 161 Å². The van der Waals surface area contributed by atoms with Crippen molar-refractivity contribution in [1.29, 1.82) is 0 Å². The number of phenolic OH excluding ortho intramolecular Hbond substituents is 3. The predicted molar refractivity (Wildman–Crippen MR) is 377 cm³/mol. The third kappa shape index (κ3) is 45.6. The first-order chi connectivity index (χ1) is 41.9. The van der Waals surface area contributed by atoms with Crippen molar-refractivity contribution < 1.29 is 53.4 Å². The Balaban J connectivity index is -0.000000963. The van der Waals surface area contributed by atoms with E-state index in [9.17, 15) is 19.2 Å². The SMILES string of the molecule is CCC(C)C(=O)OC(C)(C)C.CCC(C)C(=O)OC(C)(C)C.CCC(C)C(=O)OC(C)(C)C.CCC(C)C(=O)OCc1ccccc1.CCC(C)c1ccc(O)cc1.CCC(C)c1ccc(O)cc1.CCC(C)c1ccc(O)cc1.CCC(C)c1ccccc1. The molecule has 0 heterocycles. The molecule has 0 saturated heterocycles. The zero-order chi connectivity index (χ0) is 69.8. The Morgan fingerprint density at radius 1 is 0.311 bits per heavy atom. The van der Waals surface area contributed by atoms with Gasteiger partial charge in [-0.25, -0.2) is 0 Å². The normalized spacial score (nSPS) is 13.3. The minimum absolute atomic E-state index is 0.00119. The highest BCUT2D eigenvalue weighted by Gasteiger charge is 2.22. The average Bonchev–Trinajstić information content (AvgIpc) is 3.73. The third-order valence-electron chi connectivity index (χ3n) is 14.7. The van der Waals surface area contributed by atoms with Gasteiger partial charge in [0.1, 0.15) is 40.7 Å². The number of benzene rings is 5. The molecule has 0 saturated carbocycles. The molecule has 0 radical (unpaired) electrons. The fourth-order valence-electron chi connectivity index (χ4n) is 6.88. The Hall–Kier alpha value is -6.62. The molecule has 0 aliphatic heterocycles. The molecule has 0 bridgehead atoms. The van der Waals surface area contributed by atoms with E-state index in [1.54, 1.807) is 36.4 Å². The van der Waals surface area contributed by atoms with Gasteiger partial charge in [-0.3, -0.25) is 19.2 Å². The van der Waals surface area contributed by atoms with E-state index in [2.05, 4.69) is 85.7 Å². The van der Waals surface area contributed by atoms with Crippen LogP contribution in [0.2, 0.25) is 0 Å². The Kier molecular flexibility index (Phi) is 46.9. The summed E-state index contributed by atoms with van der Waals surface area (Å²) in [5.41, 5.74) is 5.33. The van der Waals surface area contributed by atoms with E-state index >= 15 is 0 Å². The smallest absolute Gasteiger partial charge is 0.309 e. The van der Waals surface area contributed by atoms with E-state index in [4.69, 9.17) is 34.3 Å². The van der Waals surface area contributed by atoms with E-state index in [1.807, 2.05) is 184 Å². The Bertz CT molecular complexity index is 2370. The highest BCUT2D eigenvalue weighted by Crippen LogP contribution is 2.24. The highest BCUT2D eigenvalue weighted by atomic mass is 16.6. The lowest BCUT2D eigenvalue weighted by molar-refractivity contribution is -0.160. The van der Waals surface area contributed by atoms with Crippen molar-refractivity contribution in [2.24, 2.45) is 23.7 Å². The van der Waals surface area contributed by atoms with E-state index in [0.29, 0.717) is 47.5 Å². The fourth-order valence-corrected chi connectivity index (χ4v) is 6.88. The maximum Gasteiger partial charge on any atom is 0.309 e. The molecule has 0 aliphatic rings. The van der Waals surface area contributed by atoms with Crippen molar-refractivity contribution >= 4 is 23.9 Å². The van der Waals surface area contributed by atoms with Gasteiger partial charge in [0.15, 0.2) is 0 Å². The summed E-state index contributed by atoms with van der Waals surface area (Å²) in [6.07, 6.45) is 8.01. The van der Waals surface area contributed by atoms with E-state index < -0.39 is 0 Å². The minimum atomic E-state index is -0.347. The van der Waals surface area contributed by atoms with E-state index in [1.165, 1.54) is 28.7 Å². The van der Waals surface area contributed by atoms with Crippen LogP contribution >= 0.6 is 0 Å². The largest absolute Gasteiger partial charge is 0.508 e. The average molecular weight is 1250 g/mol. The lowest BCUT2D eigenvalue weighted by Gasteiger charge is -2.21. The van der Waals surface area contributed by atoms with Crippen molar-refractivity contribution in [2.75, 3.05) is 0 Å². The van der Waals surface area contributed by atoms with E-state index in [-0.39, 0.29) is 64.4 Å². The second-order valence-corrected chi connectivity index (χ2v) is 26.4. The number of ether oxygens (including phenoxy) is 4. The number of aromatic hydroxyl groups is 3. The van der Waals surface area contributed by atoms with Gasteiger partial charge < -0.3 is 34.3 Å². The number of hydrogen-bond acceptors (Lipinski definition) is 11. The topological polar surface area (TPSA) is 166 Å². The number of rotatable bonds is 18. The van der Waals surface area contributed by atoms with Gasteiger partial charge in [-0.2, -0.15) is 0 Å². The van der Waals surface area contributed by atoms with Crippen LogP contribution in [0.5, 0.6) is 17.2 Å². The molecule has 0 fully saturated rings. The Labute approximate surface area is 548 Å². The van der Waals surface area contributed by atoms with Crippen LogP contribution < -0.4 is 0 Å². The first-order valence-corrected chi connectivity index (χ1v) is 33.2. The van der Waals surface area contributed by atoms with Gasteiger partial charge in [-0.1, -0.05) is 208 Å². The van der Waals surface area contributed by atoms with Crippen molar-refractivity contribution in [3.63, 3.8) is 0 Å². The molecular formula is C79H126O11. The molecular weight excluding hydrogens is 1120 g/mol. The van der Waals surface area contributed by atoms with Crippen LogP contribution in [-0.2, 0) is 44.7 Å². The molecule has 11 nitrogen and oxygen atoms in total. The number of hydrogen-bond donors (Lipinski definition) is 3. The minimum Gasteiger partial charge on any atom is -0.508 e. The van der Waals surface area contributed by atoms with Gasteiger partial charge in [0.05, 0.1) is 23.7 Å². The summed E-state index contributed by atoms with van der Waals surface area (Å²) in [5.74, 6) is 3.18.